The van der Waals surface area contributed by atoms with Gasteiger partial charge < -0.3 is 16.2 Å². The van der Waals surface area contributed by atoms with E-state index in [1.807, 2.05) is 11.8 Å². The van der Waals surface area contributed by atoms with E-state index in [0.29, 0.717) is 24.6 Å². The molecule has 0 aliphatic heterocycles. The van der Waals surface area contributed by atoms with Gasteiger partial charge in [-0.25, -0.2) is 0 Å². The lowest BCUT2D eigenvalue weighted by Gasteiger charge is -2.07. The van der Waals surface area contributed by atoms with Crippen molar-refractivity contribution in [2.75, 3.05) is 12.3 Å². The Labute approximate surface area is 119 Å². The lowest BCUT2D eigenvalue weighted by atomic mass is 10.1. The molecule has 6 heteroatoms. The van der Waals surface area contributed by atoms with E-state index in [0.717, 1.165) is 25.0 Å². The Morgan fingerprint density at radius 2 is 1.95 bits per heavy atom. The molecular formula is C13H26N2O3S. The average molecular weight is 290 g/mol. The van der Waals surface area contributed by atoms with Crippen molar-refractivity contribution >= 4 is 23.6 Å². The third-order valence-electron chi connectivity index (χ3n) is 2.58. The smallest absolute Gasteiger partial charge is 0.320 e. The quantitative estimate of drug-likeness (QED) is 0.503. The molecule has 0 rings (SSSR count). The summed E-state index contributed by atoms with van der Waals surface area (Å²) in [4.78, 5) is 21.9. The molecule has 0 aromatic rings. The first kappa shape index (κ1) is 18.2. The van der Waals surface area contributed by atoms with Crippen LogP contribution in [0.3, 0.4) is 0 Å². The van der Waals surface area contributed by atoms with Gasteiger partial charge in [0.05, 0.1) is 0 Å². The molecule has 0 fully saturated rings. The van der Waals surface area contributed by atoms with Crippen molar-refractivity contribution in [1.82, 2.24) is 5.32 Å². The van der Waals surface area contributed by atoms with Crippen LogP contribution in [0.15, 0.2) is 0 Å². The summed E-state index contributed by atoms with van der Waals surface area (Å²) in [7, 11) is 0. The molecule has 5 nitrogen and oxygen atoms in total. The maximum absolute atomic E-state index is 11.5. The van der Waals surface area contributed by atoms with Crippen LogP contribution in [0, 0.1) is 0 Å². The van der Waals surface area contributed by atoms with Gasteiger partial charge in [-0.3, -0.25) is 9.59 Å². The predicted octanol–water partition coefficient (Wildman–Crippen LogP) is 1.61. The van der Waals surface area contributed by atoms with Crippen LogP contribution >= 0.6 is 11.8 Å². The Morgan fingerprint density at radius 1 is 1.26 bits per heavy atom. The second-order valence-electron chi connectivity index (χ2n) is 4.81. The molecular weight excluding hydrogens is 264 g/mol. The maximum Gasteiger partial charge on any atom is 0.320 e. The van der Waals surface area contributed by atoms with Gasteiger partial charge in [0.1, 0.15) is 6.04 Å². The summed E-state index contributed by atoms with van der Waals surface area (Å²) in [5.41, 5.74) is 5.37. The molecule has 0 aliphatic carbocycles. The number of unbranched alkanes of at least 4 members (excludes halogenated alkanes) is 1. The van der Waals surface area contributed by atoms with Gasteiger partial charge >= 0.3 is 5.97 Å². The second kappa shape index (κ2) is 11.1. The fourth-order valence-corrected chi connectivity index (χ4v) is 2.26. The fraction of sp³-hybridized carbons (Fsp3) is 0.846. The average Bonchev–Trinajstić information content (AvgIpc) is 2.33. The molecule has 0 unspecified atom stereocenters. The summed E-state index contributed by atoms with van der Waals surface area (Å²) < 4.78 is 0. The highest BCUT2D eigenvalue weighted by Crippen LogP contribution is 2.11. The van der Waals surface area contributed by atoms with Crippen LogP contribution < -0.4 is 11.1 Å². The number of hydrogen-bond donors (Lipinski definition) is 3. The number of hydrogen-bond acceptors (Lipinski definition) is 4. The third-order valence-corrected chi connectivity index (χ3v) is 3.77. The molecule has 0 spiro atoms. The fourth-order valence-electron chi connectivity index (χ4n) is 1.48. The van der Waals surface area contributed by atoms with E-state index in [2.05, 4.69) is 19.2 Å². The van der Waals surface area contributed by atoms with Crippen LogP contribution in [0.1, 0.15) is 46.0 Å². The van der Waals surface area contributed by atoms with Crippen molar-refractivity contribution < 1.29 is 14.7 Å². The van der Waals surface area contributed by atoms with Crippen LogP contribution in [-0.2, 0) is 9.59 Å². The van der Waals surface area contributed by atoms with Crippen LogP contribution in [0.5, 0.6) is 0 Å². The topological polar surface area (TPSA) is 92.4 Å². The number of carbonyl (C=O) groups is 2. The highest BCUT2D eigenvalue weighted by molar-refractivity contribution is 7.99. The number of carbonyl (C=O) groups excluding carboxylic acids is 1. The largest absolute Gasteiger partial charge is 0.480 e. The molecule has 19 heavy (non-hydrogen) atoms. The molecule has 4 N–H and O–H groups in total. The van der Waals surface area contributed by atoms with Gasteiger partial charge in [0.2, 0.25) is 5.91 Å². The number of carboxylic acids is 1. The van der Waals surface area contributed by atoms with Crippen LogP contribution in [0.2, 0.25) is 0 Å². The summed E-state index contributed by atoms with van der Waals surface area (Å²) >= 11 is 1.86. The number of amides is 1. The maximum atomic E-state index is 11.5. The minimum Gasteiger partial charge on any atom is -0.480 e. The minimum absolute atomic E-state index is 0.0758. The molecule has 112 valence electrons. The Balaban J connectivity index is 3.36. The van der Waals surface area contributed by atoms with E-state index in [1.54, 1.807) is 0 Å². The third kappa shape index (κ3) is 12.0. The zero-order chi connectivity index (χ0) is 14.7. The van der Waals surface area contributed by atoms with E-state index in [-0.39, 0.29) is 5.91 Å². The molecule has 1 amide bonds. The van der Waals surface area contributed by atoms with Gasteiger partial charge in [-0.2, -0.15) is 11.8 Å². The molecule has 0 aliphatic rings. The van der Waals surface area contributed by atoms with Crippen LogP contribution in [0.25, 0.3) is 0 Å². The molecule has 0 bridgehead atoms. The highest BCUT2D eigenvalue weighted by atomic mass is 32.2. The molecule has 0 heterocycles. The monoisotopic (exact) mass is 290 g/mol. The summed E-state index contributed by atoms with van der Waals surface area (Å²) in [5, 5.41) is 12.0. The zero-order valence-electron chi connectivity index (χ0n) is 11.9. The van der Waals surface area contributed by atoms with Gasteiger partial charge in [0, 0.05) is 13.0 Å². The van der Waals surface area contributed by atoms with E-state index >= 15 is 0 Å². The predicted molar refractivity (Wildman–Crippen MR) is 79.3 cm³/mol. The summed E-state index contributed by atoms with van der Waals surface area (Å²) in [6.45, 7) is 4.89. The standard InChI is InChI=1S/C13H26N2O3S/c1-10(2)19-9-5-7-12(16)15-8-4-3-6-11(14)13(17)18/h10-11H,3-9,14H2,1-2H3,(H,15,16)(H,17,18)/t11-/m0/s1. The van der Waals surface area contributed by atoms with Crippen LogP contribution in [-0.4, -0.2) is 40.6 Å². The van der Waals surface area contributed by atoms with Crippen molar-refractivity contribution in [3.63, 3.8) is 0 Å². The summed E-state index contributed by atoms with van der Waals surface area (Å²) in [6.07, 6.45) is 3.41. The Morgan fingerprint density at radius 3 is 2.53 bits per heavy atom. The first-order valence-electron chi connectivity index (χ1n) is 6.80. The molecule has 0 aromatic heterocycles. The lowest BCUT2D eigenvalue weighted by Crippen LogP contribution is -2.30. The van der Waals surface area contributed by atoms with E-state index < -0.39 is 12.0 Å². The Kier molecular flexibility index (Phi) is 10.7. The van der Waals surface area contributed by atoms with Crippen molar-refractivity contribution in [3.05, 3.63) is 0 Å². The molecule has 0 aromatic carbocycles. The molecule has 0 saturated heterocycles. The van der Waals surface area contributed by atoms with Gasteiger partial charge in [0.25, 0.3) is 0 Å². The number of carboxylic acid groups (broad SMARTS) is 1. The van der Waals surface area contributed by atoms with Crippen molar-refractivity contribution in [2.24, 2.45) is 5.73 Å². The number of aliphatic carboxylic acids is 1. The number of rotatable bonds is 11. The number of nitrogens with two attached hydrogens (primary N) is 1. The lowest BCUT2D eigenvalue weighted by molar-refractivity contribution is -0.138. The molecule has 0 saturated carbocycles. The molecule has 1 atom stereocenters. The second-order valence-corrected chi connectivity index (χ2v) is 6.50. The van der Waals surface area contributed by atoms with Crippen molar-refractivity contribution in [1.29, 1.82) is 0 Å². The van der Waals surface area contributed by atoms with Crippen molar-refractivity contribution in [2.45, 2.75) is 57.2 Å². The van der Waals surface area contributed by atoms with Gasteiger partial charge in [-0.1, -0.05) is 13.8 Å². The summed E-state index contributed by atoms with van der Waals surface area (Å²) in [5.74, 6) is 0.122. The van der Waals surface area contributed by atoms with Gasteiger partial charge in [-0.15, -0.1) is 0 Å². The van der Waals surface area contributed by atoms with E-state index in [4.69, 9.17) is 10.8 Å². The zero-order valence-corrected chi connectivity index (χ0v) is 12.7. The first-order valence-corrected chi connectivity index (χ1v) is 7.85. The number of thioether (sulfide) groups is 1. The highest BCUT2D eigenvalue weighted by Gasteiger charge is 2.10. The minimum atomic E-state index is -0.966. The van der Waals surface area contributed by atoms with E-state index in [1.165, 1.54) is 0 Å². The molecule has 0 radical (unpaired) electrons. The normalized spacial score (nSPS) is 12.4. The van der Waals surface area contributed by atoms with Gasteiger partial charge in [0.15, 0.2) is 0 Å². The van der Waals surface area contributed by atoms with Gasteiger partial charge in [-0.05, 0) is 36.7 Å². The van der Waals surface area contributed by atoms with Crippen molar-refractivity contribution in [3.8, 4) is 0 Å². The SMILES string of the molecule is CC(C)SCCCC(=O)NCCCC[C@H](N)C(=O)O. The summed E-state index contributed by atoms with van der Waals surface area (Å²) in [6, 6.07) is -0.788. The first-order chi connectivity index (χ1) is 8.93. The van der Waals surface area contributed by atoms with E-state index in [9.17, 15) is 9.59 Å². The Hall–Kier alpha value is -0.750. The Bertz CT molecular complexity index is 273. The number of nitrogens with one attached hydrogen (secondary N) is 1. The van der Waals surface area contributed by atoms with Crippen LogP contribution in [0.4, 0.5) is 0 Å².